The number of hydrogen-bond donors (Lipinski definition) is 2. The van der Waals surface area contributed by atoms with Crippen LogP contribution in [-0.2, 0) is 9.47 Å². The van der Waals surface area contributed by atoms with E-state index in [1.807, 2.05) is 0 Å². The minimum atomic E-state index is -0.343. The molecule has 0 aliphatic carbocycles. The number of carbonyl (C=O) groups is 2. The van der Waals surface area contributed by atoms with Crippen molar-refractivity contribution in [2.75, 3.05) is 148 Å². The van der Waals surface area contributed by atoms with Crippen molar-refractivity contribution in [3.8, 4) is 0 Å². The van der Waals surface area contributed by atoms with E-state index in [9.17, 15) is 9.59 Å². The Morgan fingerprint density at radius 2 is 0.705 bits per heavy atom. The third-order valence-electron chi connectivity index (χ3n) is 7.24. The van der Waals surface area contributed by atoms with Crippen LogP contribution in [0.2, 0.25) is 0 Å². The van der Waals surface area contributed by atoms with Crippen LogP contribution in [-0.4, -0.2) is 190 Å². The molecule has 0 atom stereocenters. The maximum absolute atomic E-state index is 12.1. The Morgan fingerprint density at radius 3 is 0.977 bits per heavy atom. The van der Waals surface area contributed by atoms with Crippen molar-refractivity contribution < 1.29 is 19.1 Å². The molecule has 0 aromatic carbocycles. The van der Waals surface area contributed by atoms with Crippen molar-refractivity contribution in [2.24, 2.45) is 0 Å². The largest absolute Gasteiger partial charge is 0.448 e. The van der Waals surface area contributed by atoms with Gasteiger partial charge in [0.05, 0.1) is 0 Å². The van der Waals surface area contributed by atoms with Gasteiger partial charge in [-0.3, -0.25) is 9.80 Å². The minimum Gasteiger partial charge on any atom is -0.448 e. The number of alkyl carbamates (subject to hydrolysis) is 2. The van der Waals surface area contributed by atoms with Gasteiger partial charge >= 0.3 is 12.2 Å². The van der Waals surface area contributed by atoms with E-state index in [1.165, 1.54) is 0 Å². The van der Waals surface area contributed by atoms with E-state index >= 15 is 0 Å². The summed E-state index contributed by atoms with van der Waals surface area (Å²) in [4.78, 5) is 37.8. The highest BCUT2D eigenvalue weighted by atomic mass is 16.6. The van der Waals surface area contributed by atoms with E-state index in [-0.39, 0.29) is 12.2 Å². The smallest absolute Gasteiger partial charge is 0.407 e. The lowest BCUT2D eigenvalue weighted by molar-refractivity contribution is 0.123. The zero-order chi connectivity index (χ0) is 33.0. The number of amides is 2. The van der Waals surface area contributed by atoms with Crippen molar-refractivity contribution >= 4 is 12.2 Å². The molecule has 0 aliphatic heterocycles. The van der Waals surface area contributed by atoms with Crippen molar-refractivity contribution in [2.45, 2.75) is 51.4 Å². The minimum absolute atomic E-state index is 0.343. The summed E-state index contributed by atoms with van der Waals surface area (Å²) in [5, 5.41) is 5.72. The van der Waals surface area contributed by atoms with Gasteiger partial charge in [0.2, 0.25) is 0 Å². The standard InChI is InChI=1S/C32H70N8O4/c1-35(2)19-13-23-39(24-14-20-36(3)4)27-29-43-31(41)33-17-11-9-10-12-18-34-32(42)44-30-28-40(25-15-21-37(5)6)26-16-22-38(7)8/h9-30H2,1-8H3,(H,33,41)(H,34,42). The van der Waals surface area contributed by atoms with Crippen LogP contribution in [0, 0.1) is 0 Å². The van der Waals surface area contributed by atoms with E-state index < -0.39 is 0 Å². The molecule has 2 amide bonds. The fourth-order valence-corrected chi connectivity index (χ4v) is 4.73. The average Bonchev–Trinajstić information content (AvgIpc) is 2.93. The molecule has 0 unspecified atom stereocenters. The molecule has 0 heterocycles. The summed E-state index contributed by atoms with van der Waals surface area (Å²) >= 11 is 0. The van der Waals surface area contributed by atoms with Crippen molar-refractivity contribution in [1.29, 1.82) is 0 Å². The van der Waals surface area contributed by atoms with Crippen LogP contribution in [0.25, 0.3) is 0 Å². The first kappa shape index (κ1) is 42.3. The maximum Gasteiger partial charge on any atom is 0.407 e. The highest BCUT2D eigenvalue weighted by Crippen LogP contribution is 2.01. The second-order valence-electron chi connectivity index (χ2n) is 12.9. The molecule has 0 bridgehead atoms. The predicted molar refractivity (Wildman–Crippen MR) is 183 cm³/mol. The van der Waals surface area contributed by atoms with E-state index in [0.29, 0.717) is 26.3 Å². The molecule has 0 radical (unpaired) electrons. The highest BCUT2D eigenvalue weighted by Gasteiger charge is 2.10. The molecule has 0 aromatic heterocycles. The predicted octanol–water partition coefficient (Wildman–Crippen LogP) is 2.41. The summed E-state index contributed by atoms with van der Waals surface area (Å²) < 4.78 is 10.8. The van der Waals surface area contributed by atoms with E-state index in [2.05, 4.69) is 96.4 Å². The van der Waals surface area contributed by atoms with Gasteiger partial charge in [0.1, 0.15) is 13.2 Å². The van der Waals surface area contributed by atoms with Gasteiger partial charge < -0.3 is 39.7 Å². The van der Waals surface area contributed by atoms with Gasteiger partial charge in [0.25, 0.3) is 0 Å². The summed E-state index contributed by atoms with van der Waals surface area (Å²) in [5.41, 5.74) is 0. The molecule has 0 aliphatic rings. The molecule has 0 rings (SSSR count). The van der Waals surface area contributed by atoms with Gasteiger partial charge in [-0.1, -0.05) is 12.8 Å². The lowest BCUT2D eigenvalue weighted by atomic mass is 10.2. The first-order valence-electron chi connectivity index (χ1n) is 16.8. The van der Waals surface area contributed by atoms with Gasteiger partial charge in [-0.2, -0.15) is 0 Å². The Labute approximate surface area is 270 Å². The second kappa shape index (κ2) is 28.8. The number of unbranched alkanes of at least 4 members (excludes halogenated alkanes) is 3. The fraction of sp³-hybridized carbons (Fsp3) is 0.938. The molecule has 12 heteroatoms. The van der Waals surface area contributed by atoms with Gasteiger partial charge in [-0.15, -0.1) is 0 Å². The Morgan fingerprint density at radius 1 is 0.409 bits per heavy atom. The van der Waals surface area contributed by atoms with Crippen molar-refractivity contribution in [3.63, 3.8) is 0 Å². The maximum atomic E-state index is 12.1. The molecule has 0 spiro atoms. The molecule has 0 saturated heterocycles. The van der Waals surface area contributed by atoms with Gasteiger partial charge in [-0.25, -0.2) is 9.59 Å². The van der Waals surface area contributed by atoms with Crippen LogP contribution >= 0.6 is 0 Å². The van der Waals surface area contributed by atoms with Crippen LogP contribution in [0.4, 0.5) is 9.59 Å². The number of carbonyl (C=O) groups excluding carboxylic acids is 2. The molecular formula is C32H70N8O4. The number of ether oxygens (including phenoxy) is 2. The molecule has 0 saturated carbocycles. The first-order chi connectivity index (χ1) is 21.0. The topological polar surface area (TPSA) is 96.1 Å². The molecule has 12 nitrogen and oxygen atoms in total. The van der Waals surface area contributed by atoms with E-state index in [1.54, 1.807) is 0 Å². The van der Waals surface area contributed by atoms with Crippen LogP contribution in [0.3, 0.4) is 0 Å². The van der Waals surface area contributed by atoms with Gasteiger partial charge in [0.15, 0.2) is 0 Å². The third-order valence-corrected chi connectivity index (χ3v) is 7.24. The van der Waals surface area contributed by atoms with Crippen molar-refractivity contribution in [1.82, 2.24) is 40.0 Å². The molecule has 0 fully saturated rings. The third kappa shape index (κ3) is 30.3. The van der Waals surface area contributed by atoms with Crippen LogP contribution < -0.4 is 10.6 Å². The fourth-order valence-electron chi connectivity index (χ4n) is 4.73. The average molecular weight is 631 g/mol. The Balaban J connectivity index is 3.93. The summed E-state index contributed by atoms with van der Waals surface area (Å²) in [6.45, 7) is 11.8. The number of hydrogen-bond acceptors (Lipinski definition) is 10. The summed E-state index contributed by atoms with van der Waals surface area (Å²) in [5.74, 6) is 0. The van der Waals surface area contributed by atoms with E-state index in [4.69, 9.17) is 9.47 Å². The summed E-state index contributed by atoms with van der Waals surface area (Å²) in [6.07, 6.45) is 7.47. The SMILES string of the molecule is CN(C)CCCN(CCCN(C)C)CCOC(=O)NCCCCCCNC(=O)OCCN(CCCN(C)C)CCCN(C)C. The zero-order valence-electron chi connectivity index (χ0n) is 29.9. The number of rotatable bonds is 29. The van der Waals surface area contributed by atoms with Crippen LogP contribution in [0.5, 0.6) is 0 Å². The summed E-state index contributed by atoms with van der Waals surface area (Å²) in [7, 11) is 16.7. The van der Waals surface area contributed by atoms with Crippen LogP contribution in [0.15, 0.2) is 0 Å². The lowest BCUT2D eigenvalue weighted by Crippen LogP contribution is -2.34. The Kier molecular flexibility index (Phi) is 27.6. The quantitative estimate of drug-likeness (QED) is 0.120. The zero-order valence-corrected chi connectivity index (χ0v) is 29.9. The normalized spacial score (nSPS) is 11.9. The Bertz CT molecular complexity index is 599. The van der Waals surface area contributed by atoms with E-state index in [0.717, 1.165) is 117 Å². The van der Waals surface area contributed by atoms with Gasteiger partial charge in [-0.05, 0) is 147 Å². The molecule has 262 valence electrons. The summed E-state index contributed by atoms with van der Waals surface area (Å²) in [6, 6.07) is 0. The molecule has 0 aromatic rings. The highest BCUT2D eigenvalue weighted by molar-refractivity contribution is 5.67. The number of nitrogens with one attached hydrogen (secondary N) is 2. The van der Waals surface area contributed by atoms with Gasteiger partial charge in [0, 0.05) is 26.2 Å². The number of nitrogens with zero attached hydrogens (tertiary/aromatic N) is 6. The lowest BCUT2D eigenvalue weighted by Gasteiger charge is -2.23. The second-order valence-corrected chi connectivity index (χ2v) is 12.9. The van der Waals surface area contributed by atoms with Crippen LogP contribution in [0.1, 0.15) is 51.4 Å². The molecule has 2 N–H and O–H groups in total. The van der Waals surface area contributed by atoms with Crippen molar-refractivity contribution in [3.05, 3.63) is 0 Å². The Hall–Kier alpha value is -1.70. The molecular weight excluding hydrogens is 560 g/mol. The first-order valence-corrected chi connectivity index (χ1v) is 16.8. The molecule has 44 heavy (non-hydrogen) atoms. The monoisotopic (exact) mass is 631 g/mol.